The fourth-order valence-electron chi connectivity index (χ4n) is 2.98. The van der Waals surface area contributed by atoms with E-state index in [2.05, 4.69) is 9.97 Å². The monoisotopic (exact) mass is 373 g/mol. The van der Waals surface area contributed by atoms with Gasteiger partial charge in [0, 0.05) is 6.20 Å². The molecule has 5 heteroatoms. The smallest absolute Gasteiger partial charge is 0.266 e. The van der Waals surface area contributed by atoms with Gasteiger partial charge in [0.25, 0.3) is 5.56 Å². The van der Waals surface area contributed by atoms with E-state index in [1.807, 2.05) is 55.5 Å². The number of hydrogen-bond acceptors (Lipinski definition) is 3. The minimum absolute atomic E-state index is 0.155. The van der Waals surface area contributed by atoms with Crippen molar-refractivity contribution < 1.29 is 0 Å². The Morgan fingerprint density at radius 2 is 1.78 bits per heavy atom. The summed E-state index contributed by atoms with van der Waals surface area (Å²) in [6, 6.07) is 18.6. The molecule has 0 aliphatic heterocycles. The lowest BCUT2D eigenvalue weighted by atomic mass is 10.1. The zero-order chi connectivity index (χ0) is 18.8. The van der Waals surface area contributed by atoms with Gasteiger partial charge in [-0.3, -0.25) is 14.3 Å². The van der Waals surface area contributed by atoms with Gasteiger partial charge in [0.05, 0.1) is 27.3 Å². The molecule has 0 aliphatic rings. The van der Waals surface area contributed by atoms with E-state index in [1.54, 1.807) is 35.0 Å². The molecule has 0 unspecified atom stereocenters. The standard InChI is InChI=1S/C22H16ClN3O/c1-15-7-2-3-11-19(15)26-20(13-12-16-8-4-5-14-24-16)25-21-17(22(26)27)9-6-10-18(21)23/h2-14H,1H3/b13-12+. The first kappa shape index (κ1) is 17.2. The Balaban J connectivity index is 2.02. The summed E-state index contributed by atoms with van der Waals surface area (Å²) in [5.74, 6) is 0.501. The molecule has 0 radical (unpaired) electrons. The van der Waals surface area contributed by atoms with Crippen LogP contribution >= 0.6 is 11.6 Å². The van der Waals surface area contributed by atoms with Crippen LogP contribution in [0, 0.1) is 6.92 Å². The topological polar surface area (TPSA) is 47.8 Å². The first-order valence-electron chi connectivity index (χ1n) is 8.51. The fourth-order valence-corrected chi connectivity index (χ4v) is 3.20. The van der Waals surface area contributed by atoms with Gasteiger partial charge in [0.2, 0.25) is 0 Å². The highest BCUT2D eigenvalue weighted by Gasteiger charge is 2.14. The second-order valence-corrected chi connectivity index (χ2v) is 6.53. The predicted octanol–water partition coefficient (Wildman–Crippen LogP) is 4.91. The summed E-state index contributed by atoms with van der Waals surface area (Å²) in [5.41, 5.74) is 2.89. The van der Waals surface area contributed by atoms with Gasteiger partial charge in [-0.25, -0.2) is 4.98 Å². The fraction of sp³-hybridized carbons (Fsp3) is 0.0455. The largest absolute Gasteiger partial charge is 0.268 e. The first-order valence-corrected chi connectivity index (χ1v) is 8.89. The molecular formula is C22H16ClN3O. The number of rotatable bonds is 3. The minimum atomic E-state index is -0.155. The number of fused-ring (bicyclic) bond motifs is 1. The predicted molar refractivity (Wildman–Crippen MR) is 110 cm³/mol. The molecule has 0 fully saturated rings. The molecule has 4 rings (SSSR count). The van der Waals surface area contributed by atoms with Crippen molar-refractivity contribution in [3.05, 3.63) is 99.3 Å². The third-order valence-corrected chi connectivity index (χ3v) is 4.63. The summed E-state index contributed by atoms with van der Waals surface area (Å²) in [6.45, 7) is 1.97. The molecule has 0 amide bonds. The maximum atomic E-state index is 13.3. The van der Waals surface area contributed by atoms with Crippen molar-refractivity contribution in [2.75, 3.05) is 0 Å². The Bertz CT molecular complexity index is 1210. The molecule has 0 spiro atoms. The van der Waals surface area contributed by atoms with Crippen LogP contribution in [0.2, 0.25) is 5.02 Å². The van der Waals surface area contributed by atoms with Crippen LogP contribution in [0.3, 0.4) is 0 Å². The van der Waals surface area contributed by atoms with E-state index in [9.17, 15) is 4.79 Å². The molecular weight excluding hydrogens is 358 g/mol. The minimum Gasteiger partial charge on any atom is -0.268 e. The molecule has 2 heterocycles. The van der Waals surface area contributed by atoms with E-state index in [-0.39, 0.29) is 5.56 Å². The Kier molecular flexibility index (Phi) is 4.57. The third-order valence-electron chi connectivity index (χ3n) is 4.32. The van der Waals surface area contributed by atoms with E-state index in [1.165, 1.54) is 0 Å². The lowest BCUT2D eigenvalue weighted by Crippen LogP contribution is -2.23. The Morgan fingerprint density at radius 3 is 2.56 bits per heavy atom. The zero-order valence-electron chi connectivity index (χ0n) is 14.6. The van der Waals surface area contributed by atoms with Crippen LogP contribution in [0.1, 0.15) is 17.1 Å². The zero-order valence-corrected chi connectivity index (χ0v) is 15.4. The molecule has 0 aliphatic carbocycles. The average Bonchev–Trinajstić information content (AvgIpc) is 2.69. The maximum absolute atomic E-state index is 13.3. The molecule has 0 saturated heterocycles. The normalized spacial score (nSPS) is 11.3. The van der Waals surface area contributed by atoms with Gasteiger partial charge in [-0.2, -0.15) is 0 Å². The molecule has 2 aromatic carbocycles. The van der Waals surface area contributed by atoms with Gasteiger partial charge in [-0.05, 0) is 55.0 Å². The number of pyridine rings is 1. The van der Waals surface area contributed by atoms with Gasteiger partial charge in [-0.1, -0.05) is 41.9 Å². The van der Waals surface area contributed by atoms with Crippen molar-refractivity contribution >= 4 is 34.7 Å². The number of hydrogen-bond donors (Lipinski definition) is 0. The van der Waals surface area contributed by atoms with E-state index in [4.69, 9.17) is 11.6 Å². The van der Waals surface area contributed by atoms with Crippen LogP contribution in [0.15, 0.2) is 71.7 Å². The van der Waals surface area contributed by atoms with Crippen LogP contribution in [-0.2, 0) is 0 Å². The maximum Gasteiger partial charge on any atom is 0.266 e. The first-order chi connectivity index (χ1) is 13.1. The summed E-state index contributed by atoms with van der Waals surface area (Å²) in [4.78, 5) is 22.3. The Morgan fingerprint density at radius 1 is 0.963 bits per heavy atom. The summed E-state index contributed by atoms with van der Waals surface area (Å²) in [6.07, 6.45) is 5.34. The van der Waals surface area contributed by atoms with Crippen molar-refractivity contribution in [1.82, 2.24) is 14.5 Å². The summed E-state index contributed by atoms with van der Waals surface area (Å²) in [7, 11) is 0. The summed E-state index contributed by atoms with van der Waals surface area (Å²) < 4.78 is 1.62. The van der Waals surface area contributed by atoms with Gasteiger partial charge in [-0.15, -0.1) is 0 Å². The van der Waals surface area contributed by atoms with E-state index in [0.29, 0.717) is 21.7 Å². The molecule has 27 heavy (non-hydrogen) atoms. The number of aryl methyl sites for hydroxylation is 1. The second kappa shape index (κ2) is 7.17. The van der Waals surface area contributed by atoms with Crippen LogP contribution in [0.25, 0.3) is 28.7 Å². The highest BCUT2D eigenvalue weighted by Crippen LogP contribution is 2.22. The number of aromatic nitrogens is 3. The third kappa shape index (κ3) is 3.27. The SMILES string of the molecule is Cc1ccccc1-n1c(/C=C/c2ccccn2)nc2c(Cl)cccc2c1=O. The highest BCUT2D eigenvalue weighted by molar-refractivity contribution is 6.35. The van der Waals surface area contributed by atoms with Crippen LogP contribution < -0.4 is 5.56 Å². The number of nitrogens with zero attached hydrogens (tertiary/aromatic N) is 3. The molecule has 4 nitrogen and oxygen atoms in total. The van der Waals surface area contributed by atoms with Gasteiger partial charge in [0.1, 0.15) is 5.82 Å². The van der Waals surface area contributed by atoms with Crippen molar-refractivity contribution in [2.45, 2.75) is 6.92 Å². The molecule has 0 bridgehead atoms. The summed E-state index contributed by atoms with van der Waals surface area (Å²) in [5, 5.41) is 0.940. The van der Waals surface area contributed by atoms with Crippen LogP contribution in [0.4, 0.5) is 0 Å². The molecule has 0 N–H and O–H groups in total. The molecule has 2 aromatic heterocycles. The van der Waals surface area contributed by atoms with Gasteiger partial charge >= 0.3 is 0 Å². The van der Waals surface area contributed by atoms with Gasteiger partial charge < -0.3 is 0 Å². The quantitative estimate of drug-likeness (QED) is 0.512. The lowest BCUT2D eigenvalue weighted by molar-refractivity contribution is 0.934. The van der Waals surface area contributed by atoms with Crippen LogP contribution in [0.5, 0.6) is 0 Å². The molecule has 0 atom stereocenters. The Hall–Kier alpha value is -3.24. The number of halogens is 1. The van der Waals surface area contributed by atoms with Crippen LogP contribution in [-0.4, -0.2) is 14.5 Å². The van der Waals surface area contributed by atoms with E-state index in [0.717, 1.165) is 16.9 Å². The average molecular weight is 374 g/mol. The van der Waals surface area contributed by atoms with Crippen molar-refractivity contribution in [2.24, 2.45) is 0 Å². The van der Waals surface area contributed by atoms with Crippen molar-refractivity contribution in [3.8, 4) is 5.69 Å². The molecule has 0 saturated carbocycles. The van der Waals surface area contributed by atoms with Gasteiger partial charge in [0.15, 0.2) is 0 Å². The van der Waals surface area contributed by atoms with E-state index >= 15 is 0 Å². The molecule has 132 valence electrons. The van der Waals surface area contributed by atoms with Crippen molar-refractivity contribution in [1.29, 1.82) is 0 Å². The van der Waals surface area contributed by atoms with Crippen molar-refractivity contribution in [3.63, 3.8) is 0 Å². The molecule has 4 aromatic rings. The number of benzene rings is 2. The number of para-hydroxylation sites is 2. The van der Waals surface area contributed by atoms with E-state index < -0.39 is 0 Å². The lowest BCUT2D eigenvalue weighted by Gasteiger charge is -2.14. The second-order valence-electron chi connectivity index (χ2n) is 6.12. The Labute approximate surface area is 161 Å². The summed E-state index contributed by atoms with van der Waals surface area (Å²) >= 11 is 6.30. The highest BCUT2D eigenvalue weighted by atomic mass is 35.5.